The van der Waals surface area contributed by atoms with Crippen LogP contribution in [0.2, 0.25) is 0 Å². The number of hydrogen-bond acceptors (Lipinski definition) is 3. The van der Waals surface area contributed by atoms with Gasteiger partial charge in [-0.1, -0.05) is 42.5 Å². The Kier molecular flexibility index (Phi) is 6.09. The predicted molar refractivity (Wildman–Crippen MR) is 95.7 cm³/mol. The van der Waals surface area contributed by atoms with Gasteiger partial charge in [-0.05, 0) is 23.3 Å². The summed E-state index contributed by atoms with van der Waals surface area (Å²) in [6, 6.07) is 16.8. The fraction of sp³-hybridized carbons (Fsp3) is 0.263. The van der Waals surface area contributed by atoms with Crippen molar-refractivity contribution in [2.45, 2.75) is 12.3 Å². The van der Waals surface area contributed by atoms with E-state index >= 15 is 0 Å². The molecule has 0 aromatic heterocycles. The van der Waals surface area contributed by atoms with Crippen molar-refractivity contribution in [1.82, 2.24) is 4.90 Å². The van der Waals surface area contributed by atoms with E-state index in [0.717, 1.165) is 11.1 Å². The van der Waals surface area contributed by atoms with Gasteiger partial charge >= 0.3 is 0 Å². The highest BCUT2D eigenvalue weighted by Crippen LogP contribution is 2.18. The Balaban J connectivity index is 2.02. The molecule has 126 valence electrons. The van der Waals surface area contributed by atoms with Crippen LogP contribution in [0.4, 0.5) is 5.69 Å². The highest BCUT2D eigenvalue weighted by molar-refractivity contribution is 5.96. The van der Waals surface area contributed by atoms with Gasteiger partial charge in [-0.15, -0.1) is 0 Å². The number of likely N-dealkylation sites (N-methyl/N-ethyl adjacent to an activating group) is 1. The van der Waals surface area contributed by atoms with E-state index in [-0.39, 0.29) is 24.3 Å². The second-order valence-corrected chi connectivity index (χ2v) is 5.85. The molecule has 0 radical (unpaired) electrons. The van der Waals surface area contributed by atoms with Gasteiger partial charge in [0, 0.05) is 26.3 Å². The highest BCUT2D eigenvalue weighted by atomic mass is 16.2. The number of amides is 2. The first kappa shape index (κ1) is 17.7. The summed E-state index contributed by atoms with van der Waals surface area (Å²) in [5.41, 5.74) is 8.26. The van der Waals surface area contributed by atoms with Crippen LogP contribution in [0.3, 0.4) is 0 Å². The molecule has 0 fully saturated rings. The van der Waals surface area contributed by atoms with Crippen LogP contribution in [-0.4, -0.2) is 37.4 Å². The minimum Gasteiger partial charge on any atom is -0.349 e. The van der Waals surface area contributed by atoms with E-state index in [1.54, 1.807) is 31.1 Å². The van der Waals surface area contributed by atoms with Gasteiger partial charge in [-0.3, -0.25) is 9.59 Å². The second-order valence-electron chi connectivity index (χ2n) is 5.85. The molecule has 0 bridgehead atoms. The van der Waals surface area contributed by atoms with Gasteiger partial charge in [0.1, 0.15) is 0 Å². The van der Waals surface area contributed by atoms with Gasteiger partial charge in [0.15, 0.2) is 0 Å². The van der Waals surface area contributed by atoms with Crippen molar-refractivity contribution >= 4 is 17.5 Å². The van der Waals surface area contributed by atoms with Crippen molar-refractivity contribution in [1.29, 1.82) is 0 Å². The van der Waals surface area contributed by atoms with E-state index in [9.17, 15) is 9.59 Å². The largest absolute Gasteiger partial charge is 0.349 e. The molecule has 24 heavy (non-hydrogen) atoms. The maximum atomic E-state index is 12.4. The highest BCUT2D eigenvalue weighted by Gasteiger charge is 2.18. The molecular formula is C19H23N3O2. The maximum Gasteiger partial charge on any atom is 0.233 e. The Hall–Kier alpha value is -2.66. The molecule has 0 heterocycles. The number of nitrogens with zero attached hydrogens (tertiary/aromatic N) is 1. The van der Waals surface area contributed by atoms with E-state index < -0.39 is 0 Å². The molecule has 1 atom stereocenters. The molecule has 2 aromatic carbocycles. The molecule has 0 aliphatic carbocycles. The minimum atomic E-state index is -0.388. The van der Waals surface area contributed by atoms with Gasteiger partial charge in [0.05, 0.1) is 12.3 Å². The summed E-state index contributed by atoms with van der Waals surface area (Å²) >= 11 is 0. The Morgan fingerprint density at radius 2 is 1.67 bits per heavy atom. The van der Waals surface area contributed by atoms with Crippen LogP contribution < -0.4 is 11.1 Å². The van der Waals surface area contributed by atoms with Crippen LogP contribution in [-0.2, 0) is 16.0 Å². The molecule has 0 saturated carbocycles. The molecule has 2 rings (SSSR count). The summed E-state index contributed by atoms with van der Waals surface area (Å²) in [6.45, 7) is 0.241. The lowest BCUT2D eigenvalue weighted by molar-refractivity contribution is -0.128. The molecular weight excluding hydrogens is 302 g/mol. The molecule has 2 amide bonds. The van der Waals surface area contributed by atoms with Crippen molar-refractivity contribution in [3.8, 4) is 0 Å². The molecule has 0 aliphatic heterocycles. The molecule has 0 saturated heterocycles. The van der Waals surface area contributed by atoms with Crippen LogP contribution in [0.1, 0.15) is 17.0 Å². The molecule has 5 heteroatoms. The monoisotopic (exact) mass is 325 g/mol. The molecule has 5 nitrogen and oxygen atoms in total. The standard InChI is InChI=1S/C19H23N3O2/c1-22(2)18(23)12-14-8-10-16(11-9-14)21-19(24)17(13-20)15-6-4-3-5-7-15/h3-11,17H,12-13,20H2,1-2H3,(H,21,24). The third kappa shape index (κ3) is 4.67. The first-order valence-corrected chi connectivity index (χ1v) is 7.86. The lowest BCUT2D eigenvalue weighted by Crippen LogP contribution is -2.27. The predicted octanol–water partition coefficient (Wildman–Crippen LogP) is 2.00. The molecule has 2 aromatic rings. The second kappa shape index (κ2) is 8.26. The Labute approximate surface area is 142 Å². The number of benzene rings is 2. The first-order valence-electron chi connectivity index (χ1n) is 7.86. The van der Waals surface area contributed by atoms with Crippen LogP contribution >= 0.6 is 0 Å². The van der Waals surface area contributed by atoms with Gasteiger partial charge in [0.25, 0.3) is 0 Å². The summed E-state index contributed by atoms with van der Waals surface area (Å²) in [6.07, 6.45) is 0.344. The summed E-state index contributed by atoms with van der Waals surface area (Å²) < 4.78 is 0. The van der Waals surface area contributed by atoms with Crippen molar-refractivity contribution in [3.63, 3.8) is 0 Å². The summed E-state index contributed by atoms with van der Waals surface area (Å²) in [5.74, 6) is -0.485. The summed E-state index contributed by atoms with van der Waals surface area (Å²) in [7, 11) is 3.46. The molecule has 1 unspecified atom stereocenters. The van der Waals surface area contributed by atoms with Crippen molar-refractivity contribution in [2.75, 3.05) is 26.0 Å². The van der Waals surface area contributed by atoms with Crippen LogP contribution in [0.5, 0.6) is 0 Å². The normalized spacial score (nSPS) is 11.6. The lowest BCUT2D eigenvalue weighted by Gasteiger charge is -2.15. The number of anilines is 1. The fourth-order valence-corrected chi connectivity index (χ4v) is 2.35. The number of nitrogens with two attached hydrogens (primary N) is 1. The van der Waals surface area contributed by atoms with E-state index in [1.807, 2.05) is 42.5 Å². The molecule has 3 N–H and O–H groups in total. The number of nitrogens with one attached hydrogen (secondary N) is 1. The fourth-order valence-electron chi connectivity index (χ4n) is 2.35. The quantitative estimate of drug-likeness (QED) is 0.853. The van der Waals surface area contributed by atoms with Crippen LogP contribution in [0, 0.1) is 0 Å². The zero-order valence-corrected chi connectivity index (χ0v) is 14.0. The Morgan fingerprint density at radius 1 is 1.04 bits per heavy atom. The van der Waals surface area contributed by atoms with E-state index in [4.69, 9.17) is 5.73 Å². The Bertz CT molecular complexity index is 682. The third-order valence-electron chi connectivity index (χ3n) is 3.83. The summed E-state index contributed by atoms with van der Waals surface area (Å²) in [5, 5.41) is 2.88. The van der Waals surface area contributed by atoms with Crippen molar-refractivity contribution < 1.29 is 9.59 Å². The van der Waals surface area contributed by atoms with Crippen molar-refractivity contribution in [2.24, 2.45) is 5.73 Å². The van der Waals surface area contributed by atoms with Crippen molar-refractivity contribution in [3.05, 3.63) is 65.7 Å². The van der Waals surface area contributed by atoms with Crippen LogP contribution in [0.25, 0.3) is 0 Å². The van der Waals surface area contributed by atoms with Gasteiger partial charge in [0.2, 0.25) is 11.8 Å². The summed E-state index contributed by atoms with van der Waals surface area (Å²) in [4.78, 5) is 25.7. The number of hydrogen-bond donors (Lipinski definition) is 2. The van der Waals surface area contributed by atoms with Gasteiger partial charge < -0.3 is 16.0 Å². The average Bonchev–Trinajstić information content (AvgIpc) is 2.58. The topological polar surface area (TPSA) is 75.4 Å². The zero-order chi connectivity index (χ0) is 17.5. The first-order chi connectivity index (χ1) is 11.5. The number of carbonyl (C=O) groups is 2. The van der Waals surface area contributed by atoms with Gasteiger partial charge in [-0.2, -0.15) is 0 Å². The molecule has 0 aliphatic rings. The lowest BCUT2D eigenvalue weighted by atomic mass is 9.98. The van der Waals surface area contributed by atoms with E-state index in [1.165, 1.54) is 0 Å². The maximum absolute atomic E-state index is 12.4. The van der Waals surface area contributed by atoms with Crippen LogP contribution in [0.15, 0.2) is 54.6 Å². The third-order valence-corrected chi connectivity index (χ3v) is 3.83. The number of rotatable bonds is 6. The van der Waals surface area contributed by atoms with E-state index in [0.29, 0.717) is 12.1 Å². The average molecular weight is 325 g/mol. The van der Waals surface area contributed by atoms with E-state index in [2.05, 4.69) is 5.32 Å². The Morgan fingerprint density at radius 3 is 2.21 bits per heavy atom. The minimum absolute atomic E-state index is 0.0408. The molecule has 0 spiro atoms. The van der Waals surface area contributed by atoms with Gasteiger partial charge in [-0.25, -0.2) is 0 Å². The smallest absolute Gasteiger partial charge is 0.233 e. The zero-order valence-electron chi connectivity index (χ0n) is 14.0. The number of carbonyl (C=O) groups excluding carboxylic acids is 2. The SMILES string of the molecule is CN(C)C(=O)Cc1ccc(NC(=O)C(CN)c2ccccc2)cc1.